The van der Waals surface area contributed by atoms with Gasteiger partial charge in [0.05, 0.1) is 23.2 Å². The normalized spacial score (nSPS) is 11.1. The van der Waals surface area contributed by atoms with E-state index in [-0.39, 0.29) is 11.3 Å². The molecule has 0 unspecified atom stereocenters. The quantitative estimate of drug-likeness (QED) is 0.155. The van der Waals surface area contributed by atoms with Gasteiger partial charge < -0.3 is 10.1 Å². The van der Waals surface area contributed by atoms with Crippen LogP contribution in [0.1, 0.15) is 10.4 Å². The third kappa shape index (κ3) is 6.95. The molecule has 206 valence electrons. The fourth-order valence-electron chi connectivity index (χ4n) is 4.23. The predicted molar refractivity (Wildman–Crippen MR) is 163 cm³/mol. The van der Waals surface area contributed by atoms with Crippen LogP contribution in [0.25, 0.3) is 10.8 Å². The number of carbonyl (C=O) groups is 2. The van der Waals surface area contributed by atoms with Crippen molar-refractivity contribution in [2.75, 3.05) is 22.4 Å². The summed E-state index contributed by atoms with van der Waals surface area (Å²) >= 11 is 1.49. The molecule has 0 fully saturated rings. The fourth-order valence-corrected chi connectivity index (χ4v) is 6.00. The van der Waals surface area contributed by atoms with E-state index in [0.717, 1.165) is 31.1 Å². The van der Waals surface area contributed by atoms with Crippen LogP contribution in [0.3, 0.4) is 0 Å². The first-order valence-corrected chi connectivity index (χ1v) is 15.3. The van der Waals surface area contributed by atoms with Gasteiger partial charge in [0.1, 0.15) is 12.3 Å². The highest BCUT2D eigenvalue weighted by molar-refractivity contribution is 7.99. The zero-order valence-corrected chi connectivity index (χ0v) is 23.7. The number of anilines is 2. The number of hydrogen-bond donors (Lipinski definition) is 1. The summed E-state index contributed by atoms with van der Waals surface area (Å²) in [6, 6.07) is 36.0. The fraction of sp³-hybridized carbons (Fsp3) is 0.0625. The van der Waals surface area contributed by atoms with Crippen LogP contribution in [-0.4, -0.2) is 33.1 Å². The highest BCUT2D eigenvalue weighted by atomic mass is 32.2. The van der Waals surface area contributed by atoms with E-state index in [1.807, 2.05) is 72.8 Å². The molecule has 1 amide bonds. The van der Waals surface area contributed by atoms with E-state index in [1.165, 1.54) is 30.0 Å². The van der Waals surface area contributed by atoms with Gasteiger partial charge in [0.25, 0.3) is 0 Å². The van der Waals surface area contributed by atoms with Crippen molar-refractivity contribution in [2.45, 2.75) is 9.79 Å². The average Bonchev–Trinajstić information content (AvgIpc) is 2.97. The van der Waals surface area contributed by atoms with Gasteiger partial charge in [-0.25, -0.2) is 13.2 Å². The van der Waals surface area contributed by atoms with Crippen LogP contribution in [0.2, 0.25) is 0 Å². The van der Waals surface area contributed by atoms with Crippen LogP contribution >= 0.6 is 11.8 Å². The number of nitrogens with zero attached hydrogens (tertiary/aromatic N) is 1. The van der Waals surface area contributed by atoms with Gasteiger partial charge in [0.2, 0.25) is 15.9 Å². The topological polar surface area (TPSA) is 92.8 Å². The lowest BCUT2D eigenvalue weighted by Crippen LogP contribution is -2.37. The number of fused-ring (bicyclic) bond motifs is 1. The average molecular weight is 583 g/mol. The Labute approximate surface area is 242 Å². The van der Waals surface area contributed by atoms with E-state index in [9.17, 15) is 18.0 Å². The van der Waals surface area contributed by atoms with Crippen LogP contribution in [-0.2, 0) is 14.8 Å². The lowest BCUT2D eigenvalue weighted by molar-refractivity contribution is -0.114. The minimum absolute atomic E-state index is 0.147. The van der Waals surface area contributed by atoms with Gasteiger partial charge in [-0.15, -0.1) is 0 Å². The van der Waals surface area contributed by atoms with Gasteiger partial charge in [-0.05, 0) is 53.9 Å². The molecule has 0 spiro atoms. The first kappa shape index (κ1) is 27.9. The molecule has 0 saturated heterocycles. The minimum Gasteiger partial charge on any atom is -0.422 e. The van der Waals surface area contributed by atoms with Crippen LogP contribution < -0.4 is 14.4 Å². The lowest BCUT2D eigenvalue weighted by atomic mass is 10.1. The summed E-state index contributed by atoms with van der Waals surface area (Å²) in [6.45, 7) is -0.481. The molecular weight excluding hydrogens is 556 g/mol. The zero-order valence-electron chi connectivity index (χ0n) is 22.1. The van der Waals surface area contributed by atoms with Crippen molar-refractivity contribution in [3.05, 3.63) is 127 Å². The number of amides is 1. The molecule has 7 nitrogen and oxygen atoms in total. The number of carbonyl (C=O) groups excluding carboxylic acids is 2. The predicted octanol–water partition coefficient (Wildman–Crippen LogP) is 6.61. The van der Waals surface area contributed by atoms with Crippen molar-refractivity contribution in [1.29, 1.82) is 0 Å². The van der Waals surface area contributed by atoms with Crippen molar-refractivity contribution >= 4 is 55.8 Å². The third-order valence-electron chi connectivity index (χ3n) is 6.14. The Balaban J connectivity index is 1.35. The maximum absolute atomic E-state index is 13.1. The molecule has 9 heteroatoms. The van der Waals surface area contributed by atoms with Gasteiger partial charge >= 0.3 is 5.97 Å². The molecule has 0 aliphatic heterocycles. The molecular formula is C32H26N2O5S2. The van der Waals surface area contributed by atoms with Crippen LogP contribution in [0.4, 0.5) is 11.4 Å². The second-order valence-corrected chi connectivity index (χ2v) is 12.2. The maximum Gasteiger partial charge on any atom is 0.343 e. The maximum atomic E-state index is 13.1. The number of para-hydroxylation sites is 1. The second-order valence-electron chi connectivity index (χ2n) is 9.15. The summed E-state index contributed by atoms with van der Waals surface area (Å²) in [7, 11) is -3.88. The number of esters is 1. The Morgan fingerprint density at radius 1 is 0.805 bits per heavy atom. The van der Waals surface area contributed by atoms with Crippen LogP contribution in [0.5, 0.6) is 5.75 Å². The highest BCUT2D eigenvalue weighted by Crippen LogP contribution is 2.33. The summed E-state index contributed by atoms with van der Waals surface area (Å²) in [5, 5.41) is 4.53. The monoisotopic (exact) mass is 582 g/mol. The Morgan fingerprint density at radius 3 is 2.29 bits per heavy atom. The Kier molecular flexibility index (Phi) is 8.37. The molecule has 0 aliphatic rings. The van der Waals surface area contributed by atoms with E-state index in [0.29, 0.717) is 11.4 Å². The molecule has 0 saturated carbocycles. The standard InChI is InChI=1S/C32H26N2O5S2/c1-41(37,38)34(22-31(35)33-28-18-7-8-20-30(28)40-26-15-3-2-4-16-26)25-14-9-13-24(21-25)32(36)39-29-19-10-12-23-11-5-6-17-27(23)29/h2-21H,22H2,1H3,(H,33,35). The first-order valence-electron chi connectivity index (χ1n) is 12.7. The molecule has 5 rings (SSSR count). The summed E-state index contributed by atoms with van der Waals surface area (Å²) in [4.78, 5) is 28.0. The van der Waals surface area contributed by atoms with Crippen LogP contribution in [0, 0.1) is 0 Å². The van der Waals surface area contributed by atoms with E-state index in [4.69, 9.17) is 4.74 Å². The van der Waals surface area contributed by atoms with Gasteiger partial charge in [-0.2, -0.15) is 0 Å². The molecule has 5 aromatic rings. The van der Waals surface area contributed by atoms with Gasteiger partial charge in [-0.1, -0.05) is 84.6 Å². The van der Waals surface area contributed by atoms with Crippen molar-refractivity contribution in [3.63, 3.8) is 0 Å². The Morgan fingerprint density at radius 2 is 1.49 bits per heavy atom. The SMILES string of the molecule is CS(=O)(=O)N(CC(=O)Nc1ccccc1Sc1ccccc1)c1cccc(C(=O)Oc2cccc3ccccc23)c1. The lowest BCUT2D eigenvalue weighted by Gasteiger charge is -2.22. The molecule has 0 heterocycles. The van der Waals surface area contributed by atoms with Crippen LogP contribution in [0.15, 0.2) is 131 Å². The number of rotatable bonds is 9. The Bertz CT molecular complexity index is 1820. The third-order valence-corrected chi connectivity index (χ3v) is 8.37. The molecule has 0 radical (unpaired) electrons. The van der Waals surface area contributed by atoms with Gasteiger partial charge in [0, 0.05) is 15.2 Å². The number of benzene rings is 5. The molecule has 0 aliphatic carbocycles. The molecule has 0 aromatic heterocycles. The van der Waals surface area contributed by atoms with Crippen molar-refractivity contribution < 1.29 is 22.7 Å². The van der Waals surface area contributed by atoms with Crippen molar-refractivity contribution in [2.24, 2.45) is 0 Å². The Hall–Kier alpha value is -4.60. The largest absolute Gasteiger partial charge is 0.422 e. The summed E-state index contributed by atoms with van der Waals surface area (Å²) < 4.78 is 32.2. The number of nitrogens with one attached hydrogen (secondary N) is 1. The van der Waals surface area contributed by atoms with E-state index >= 15 is 0 Å². The van der Waals surface area contributed by atoms with E-state index < -0.39 is 28.4 Å². The minimum atomic E-state index is -3.88. The number of hydrogen-bond acceptors (Lipinski definition) is 6. The van der Waals surface area contributed by atoms with Gasteiger partial charge in [-0.3, -0.25) is 9.10 Å². The smallest absolute Gasteiger partial charge is 0.343 e. The van der Waals surface area contributed by atoms with Crippen molar-refractivity contribution in [1.82, 2.24) is 0 Å². The molecule has 0 bridgehead atoms. The van der Waals surface area contributed by atoms with E-state index in [1.54, 1.807) is 30.3 Å². The van der Waals surface area contributed by atoms with E-state index in [2.05, 4.69) is 5.32 Å². The first-order chi connectivity index (χ1) is 19.8. The molecule has 41 heavy (non-hydrogen) atoms. The summed E-state index contributed by atoms with van der Waals surface area (Å²) in [5.74, 6) is -0.780. The van der Waals surface area contributed by atoms with Crippen molar-refractivity contribution in [3.8, 4) is 5.75 Å². The molecule has 0 atom stereocenters. The summed E-state index contributed by atoms with van der Waals surface area (Å²) in [6.07, 6.45) is 1.01. The van der Waals surface area contributed by atoms with Gasteiger partial charge in [0.15, 0.2) is 0 Å². The highest BCUT2D eigenvalue weighted by Gasteiger charge is 2.23. The molecule has 5 aromatic carbocycles. The number of sulfonamides is 1. The molecule has 1 N–H and O–H groups in total. The second kappa shape index (κ2) is 12.3. The zero-order chi connectivity index (χ0) is 28.8. The number of ether oxygens (including phenoxy) is 1. The summed E-state index contributed by atoms with van der Waals surface area (Å²) in [5.41, 5.74) is 0.878.